The summed E-state index contributed by atoms with van der Waals surface area (Å²) < 4.78 is 5.18. The summed E-state index contributed by atoms with van der Waals surface area (Å²) in [6.07, 6.45) is 0. The second kappa shape index (κ2) is 6.29. The van der Waals surface area contributed by atoms with Crippen LogP contribution in [0.3, 0.4) is 0 Å². The Hall–Kier alpha value is -1.95. The number of hydrogen-bond acceptors (Lipinski definition) is 6. The van der Waals surface area contributed by atoms with E-state index in [1.165, 1.54) is 0 Å². The molecule has 0 aliphatic heterocycles. The first kappa shape index (κ1) is 13.5. The molecule has 3 N–H and O–H groups in total. The molecule has 0 spiro atoms. The van der Waals surface area contributed by atoms with E-state index >= 15 is 0 Å². The smallest absolute Gasteiger partial charge is 0.191 e. The van der Waals surface area contributed by atoms with Crippen LogP contribution in [-0.4, -0.2) is 22.8 Å². The Kier molecular flexibility index (Phi) is 4.46. The maximum atomic E-state index is 5.77. The van der Waals surface area contributed by atoms with Crippen LogP contribution in [0.2, 0.25) is 0 Å². The standard InChI is InChI=1S/C13H16N4OS/c1-3-19-13-16-11(14)8-12(17-13)15-9-5-4-6-10(7-9)18-2/h4-8H,3H2,1-2H3,(H3,14,15,16,17). The molecule has 2 aromatic rings. The summed E-state index contributed by atoms with van der Waals surface area (Å²) in [5.41, 5.74) is 6.66. The molecular weight excluding hydrogens is 260 g/mol. The average Bonchev–Trinajstić information content (AvgIpc) is 2.38. The lowest BCUT2D eigenvalue weighted by Crippen LogP contribution is -2.00. The number of nitrogens with one attached hydrogen (secondary N) is 1. The normalized spacial score (nSPS) is 10.2. The zero-order chi connectivity index (χ0) is 13.7. The van der Waals surface area contributed by atoms with Gasteiger partial charge in [0.05, 0.1) is 7.11 Å². The van der Waals surface area contributed by atoms with E-state index in [-0.39, 0.29) is 0 Å². The highest BCUT2D eigenvalue weighted by molar-refractivity contribution is 7.99. The van der Waals surface area contributed by atoms with Gasteiger partial charge >= 0.3 is 0 Å². The molecular formula is C13H16N4OS. The lowest BCUT2D eigenvalue weighted by molar-refractivity contribution is 0.415. The molecule has 0 saturated carbocycles. The third-order valence-corrected chi connectivity index (χ3v) is 3.07. The maximum Gasteiger partial charge on any atom is 0.191 e. The fraction of sp³-hybridized carbons (Fsp3) is 0.231. The van der Waals surface area contributed by atoms with Crippen molar-refractivity contribution in [3.63, 3.8) is 0 Å². The molecule has 1 aromatic heterocycles. The van der Waals surface area contributed by atoms with Crippen molar-refractivity contribution < 1.29 is 4.74 Å². The summed E-state index contributed by atoms with van der Waals surface area (Å²) in [7, 11) is 1.64. The predicted molar refractivity (Wildman–Crippen MR) is 79.1 cm³/mol. The van der Waals surface area contributed by atoms with Gasteiger partial charge in [0.1, 0.15) is 17.4 Å². The quantitative estimate of drug-likeness (QED) is 0.646. The minimum atomic E-state index is 0.455. The van der Waals surface area contributed by atoms with Gasteiger partial charge in [-0.3, -0.25) is 0 Å². The molecule has 0 fully saturated rings. The molecule has 1 aromatic carbocycles. The third-order valence-electron chi connectivity index (χ3n) is 2.34. The van der Waals surface area contributed by atoms with Crippen LogP contribution in [0.25, 0.3) is 0 Å². The summed E-state index contributed by atoms with van der Waals surface area (Å²) >= 11 is 1.55. The van der Waals surface area contributed by atoms with Crippen LogP contribution in [0.15, 0.2) is 35.5 Å². The first-order chi connectivity index (χ1) is 9.21. The topological polar surface area (TPSA) is 73.1 Å². The number of benzene rings is 1. The van der Waals surface area contributed by atoms with Crippen LogP contribution in [0.4, 0.5) is 17.3 Å². The molecule has 0 bridgehead atoms. The minimum Gasteiger partial charge on any atom is -0.497 e. The third kappa shape index (κ3) is 3.75. The number of hydrogen-bond donors (Lipinski definition) is 2. The van der Waals surface area contributed by atoms with Crippen molar-refractivity contribution in [1.29, 1.82) is 0 Å². The van der Waals surface area contributed by atoms with Gasteiger partial charge in [0.2, 0.25) is 0 Å². The van der Waals surface area contributed by atoms with E-state index in [9.17, 15) is 0 Å². The molecule has 0 radical (unpaired) electrons. The second-order valence-electron chi connectivity index (χ2n) is 3.75. The number of thioether (sulfide) groups is 1. The Balaban J connectivity index is 2.22. The van der Waals surface area contributed by atoms with E-state index in [0.29, 0.717) is 16.8 Å². The van der Waals surface area contributed by atoms with Crippen LogP contribution in [0, 0.1) is 0 Å². The van der Waals surface area contributed by atoms with Gasteiger partial charge in [0, 0.05) is 17.8 Å². The summed E-state index contributed by atoms with van der Waals surface area (Å²) in [4.78, 5) is 8.56. The lowest BCUT2D eigenvalue weighted by Gasteiger charge is -2.09. The first-order valence-electron chi connectivity index (χ1n) is 5.89. The van der Waals surface area contributed by atoms with Gasteiger partial charge in [-0.25, -0.2) is 9.97 Å². The Bertz CT molecular complexity index is 562. The van der Waals surface area contributed by atoms with E-state index in [0.717, 1.165) is 17.2 Å². The fourth-order valence-electron chi connectivity index (χ4n) is 1.55. The second-order valence-corrected chi connectivity index (χ2v) is 4.98. The highest BCUT2D eigenvalue weighted by Gasteiger charge is 2.03. The lowest BCUT2D eigenvalue weighted by atomic mass is 10.3. The molecule has 5 nitrogen and oxygen atoms in total. The number of aromatic nitrogens is 2. The van der Waals surface area contributed by atoms with Crippen molar-refractivity contribution in [1.82, 2.24) is 9.97 Å². The van der Waals surface area contributed by atoms with Gasteiger partial charge in [-0.1, -0.05) is 24.8 Å². The molecule has 100 valence electrons. The minimum absolute atomic E-state index is 0.455. The molecule has 6 heteroatoms. The van der Waals surface area contributed by atoms with Crippen molar-refractivity contribution in [2.24, 2.45) is 0 Å². The van der Waals surface area contributed by atoms with Crippen LogP contribution in [-0.2, 0) is 0 Å². The van der Waals surface area contributed by atoms with Crippen molar-refractivity contribution in [2.45, 2.75) is 12.1 Å². The molecule has 2 rings (SSSR count). The summed E-state index contributed by atoms with van der Waals surface area (Å²) in [6, 6.07) is 9.34. The van der Waals surface area contributed by atoms with E-state index in [1.54, 1.807) is 24.9 Å². The van der Waals surface area contributed by atoms with Crippen molar-refractivity contribution in [2.75, 3.05) is 23.9 Å². The summed E-state index contributed by atoms with van der Waals surface area (Å²) in [6.45, 7) is 2.05. The molecule has 0 unspecified atom stereocenters. The Labute approximate surface area is 116 Å². The Morgan fingerprint density at radius 3 is 2.89 bits per heavy atom. The number of ether oxygens (including phenoxy) is 1. The molecule has 0 atom stereocenters. The average molecular weight is 276 g/mol. The van der Waals surface area contributed by atoms with Crippen LogP contribution in [0.1, 0.15) is 6.92 Å². The Morgan fingerprint density at radius 1 is 1.32 bits per heavy atom. The zero-order valence-corrected chi connectivity index (χ0v) is 11.7. The van der Waals surface area contributed by atoms with E-state index in [1.807, 2.05) is 31.2 Å². The molecule has 0 amide bonds. The molecule has 1 heterocycles. The number of anilines is 3. The zero-order valence-electron chi connectivity index (χ0n) is 10.9. The molecule has 19 heavy (non-hydrogen) atoms. The number of methoxy groups -OCH3 is 1. The van der Waals surface area contributed by atoms with Gasteiger partial charge in [-0.05, 0) is 17.9 Å². The van der Waals surface area contributed by atoms with E-state index in [4.69, 9.17) is 10.5 Å². The molecule has 0 saturated heterocycles. The highest BCUT2D eigenvalue weighted by Crippen LogP contribution is 2.23. The van der Waals surface area contributed by atoms with Gasteiger partial charge in [-0.2, -0.15) is 0 Å². The molecule has 0 aliphatic carbocycles. The van der Waals surface area contributed by atoms with Crippen LogP contribution >= 0.6 is 11.8 Å². The van der Waals surface area contributed by atoms with E-state index in [2.05, 4.69) is 15.3 Å². The Morgan fingerprint density at radius 2 is 2.16 bits per heavy atom. The summed E-state index contributed by atoms with van der Waals surface area (Å²) in [5.74, 6) is 2.82. The number of nitrogens with zero attached hydrogens (tertiary/aromatic N) is 2. The van der Waals surface area contributed by atoms with Gasteiger partial charge in [0.25, 0.3) is 0 Å². The van der Waals surface area contributed by atoms with Crippen molar-refractivity contribution in [3.05, 3.63) is 30.3 Å². The summed E-state index contributed by atoms with van der Waals surface area (Å²) in [5, 5.41) is 3.87. The largest absolute Gasteiger partial charge is 0.497 e. The van der Waals surface area contributed by atoms with Gasteiger partial charge in [-0.15, -0.1) is 0 Å². The molecule has 0 aliphatic rings. The van der Waals surface area contributed by atoms with Gasteiger partial charge < -0.3 is 15.8 Å². The van der Waals surface area contributed by atoms with E-state index < -0.39 is 0 Å². The SMILES string of the molecule is CCSc1nc(N)cc(Nc2cccc(OC)c2)n1. The van der Waals surface area contributed by atoms with Crippen LogP contribution < -0.4 is 15.8 Å². The fourth-order valence-corrected chi connectivity index (χ4v) is 2.14. The van der Waals surface area contributed by atoms with Crippen LogP contribution in [0.5, 0.6) is 5.75 Å². The monoisotopic (exact) mass is 276 g/mol. The van der Waals surface area contributed by atoms with Crippen molar-refractivity contribution in [3.8, 4) is 5.75 Å². The maximum absolute atomic E-state index is 5.77. The highest BCUT2D eigenvalue weighted by atomic mass is 32.2. The van der Waals surface area contributed by atoms with Gasteiger partial charge in [0.15, 0.2) is 5.16 Å². The number of rotatable bonds is 5. The van der Waals surface area contributed by atoms with Crippen molar-refractivity contribution >= 4 is 29.1 Å². The predicted octanol–water partition coefficient (Wildman–Crippen LogP) is 2.92. The first-order valence-corrected chi connectivity index (χ1v) is 6.88. The number of nitrogens with two attached hydrogens (primary N) is 1. The number of nitrogen functional groups attached to an aromatic ring is 1.